The molecule has 0 amide bonds. The summed E-state index contributed by atoms with van der Waals surface area (Å²) in [5, 5.41) is 48.1. The predicted molar refractivity (Wildman–Crippen MR) is 97.3 cm³/mol. The highest BCUT2D eigenvalue weighted by atomic mass is 16.5. The third-order valence-electron chi connectivity index (χ3n) is 5.33. The van der Waals surface area contributed by atoms with Gasteiger partial charge < -0.3 is 30.3 Å². The maximum absolute atomic E-state index is 12.1. The van der Waals surface area contributed by atoms with Gasteiger partial charge in [-0.2, -0.15) is 0 Å². The average Bonchev–Trinajstić information content (AvgIpc) is 2.47. The van der Waals surface area contributed by atoms with Crippen LogP contribution in [-0.4, -0.2) is 66.9 Å². The van der Waals surface area contributed by atoms with Crippen LogP contribution in [0.4, 0.5) is 0 Å². The molecule has 1 aliphatic carbocycles. The minimum Gasteiger partial charge on any atom is -0.481 e. The van der Waals surface area contributed by atoms with Crippen LogP contribution in [0.15, 0.2) is 12.2 Å². The molecule has 0 radical (unpaired) electrons. The van der Waals surface area contributed by atoms with Gasteiger partial charge in [-0.15, -0.1) is 0 Å². The van der Waals surface area contributed by atoms with Crippen molar-refractivity contribution in [2.24, 2.45) is 11.3 Å². The quantitative estimate of drug-likeness (QED) is 0.291. The lowest BCUT2D eigenvalue weighted by Crippen LogP contribution is -2.55. The van der Waals surface area contributed by atoms with E-state index in [1.165, 1.54) is 13.0 Å². The van der Waals surface area contributed by atoms with Crippen LogP contribution < -0.4 is 0 Å². The largest absolute Gasteiger partial charge is 0.481 e. The normalized spacial score (nSPS) is 30.4. The van der Waals surface area contributed by atoms with Crippen LogP contribution in [0.1, 0.15) is 53.4 Å². The van der Waals surface area contributed by atoms with E-state index in [1.54, 1.807) is 20.8 Å². The van der Waals surface area contributed by atoms with Crippen molar-refractivity contribution in [3.63, 3.8) is 0 Å². The SMILES string of the molecule is CC1CC(OC(=O)CC(C)(O)CC(=O)O)CC(C)(C)C1(O)C=CC(O)C(=O)O. The summed E-state index contributed by atoms with van der Waals surface area (Å²) in [5.74, 6) is -3.82. The number of aliphatic hydroxyl groups excluding tert-OH is 1. The van der Waals surface area contributed by atoms with Gasteiger partial charge in [-0.25, -0.2) is 4.79 Å². The van der Waals surface area contributed by atoms with Crippen LogP contribution >= 0.6 is 0 Å². The number of carboxylic acid groups (broad SMARTS) is 2. The van der Waals surface area contributed by atoms with Gasteiger partial charge in [0.1, 0.15) is 6.10 Å². The van der Waals surface area contributed by atoms with Crippen molar-refractivity contribution in [3.8, 4) is 0 Å². The van der Waals surface area contributed by atoms with E-state index in [1.807, 2.05) is 0 Å². The predicted octanol–water partition coefficient (Wildman–Crippen LogP) is 0.703. The Hall–Kier alpha value is -1.97. The van der Waals surface area contributed by atoms with E-state index in [0.29, 0.717) is 0 Å². The maximum Gasteiger partial charge on any atom is 0.336 e. The van der Waals surface area contributed by atoms with Crippen molar-refractivity contribution in [2.45, 2.75) is 76.8 Å². The van der Waals surface area contributed by atoms with Crippen LogP contribution in [0, 0.1) is 11.3 Å². The molecule has 1 saturated carbocycles. The fourth-order valence-electron chi connectivity index (χ4n) is 3.78. The van der Waals surface area contributed by atoms with Crippen molar-refractivity contribution in [2.75, 3.05) is 0 Å². The first-order valence-corrected chi connectivity index (χ1v) is 9.06. The average molecular weight is 402 g/mol. The van der Waals surface area contributed by atoms with Crippen molar-refractivity contribution in [1.82, 2.24) is 0 Å². The molecule has 0 saturated heterocycles. The Bertz CT molecular complexity index is 637. The number of ether oxygens (including phenoxy) is 1. The van der Waals surface area contributed by atoms with Gasteiger partial charge in [-0.3, -0.25) is 9.59 Å². The molecule has 0 aromatic rings. The molecule has 0 aliphatic heterocycles. The van der Waals surface area contributed by atoms with E-state index in [0.717, 1.165) is 6.08 Å². The summed E-state index contributed by atoms with van der Waals surface area (Å²) >= 11 is 0. The zero-order chi connectivity index (χ0) is 21.9. The summed E-state index contributed by atoms with van der Waals surface area (Å²) < 4.78 is 5.40. The van der Waals surface area contributed by atoms with Crippen LogP contribution in [-0.2, 0) is 19.1 Å². The summed E-state index contributed by atoms with van der Waals surface area (Å²) in [6.07, 6.45) is -0.517. The lowest BCUT2D eigenvalue weighted by Gasteiger charge is -2.51. The van der Waals surface area contributed by atoms with Gasteiger partial charge in [-0.1, -0.05) is 26.8 Å². The number of carboxylic acids is 2. The summed E-state index contributed by atoms with van der Waals surface area (Å²) in [5.41, 5.74) is -3.97. The van der Waals surface area contributed by atoms with Crippen molar-refractivity contribution in [3.05, 3.63) is 12.2 Å². The Morgan fingerprint density at radius 1 is 1.25 bits per heavy atom. The number of aliphatic carboxylic acids is 2. The molecular weight excluding hydrogens is 372 g/mol. The Balaban J connectivity index is 2.84. The Morgan fingerprint density at radius 3 is 2.29 bits per heavy atom. The Labute approximate surface area is 163 Å². The van der Waals surface area contributed by atoms with Crippen LogP contribution in [0.2, 0.25) is 0 Å². The first-order valence-electron chi connectivity index (χ1n) is 9.06. The van der Waals surface area contributed by atoms with E-state index < -0.39 is 65.5 Å². The number of carbonyl (C=O) groups excluding carboxylic acids is 1. The number of esters is 1. The molecule has 28 heavy (non-hydrogen) atoms. The third-order valence-corrected chi connectivity index (χ3v) is 5.33. The van der Waals surface area contributed by atoms with Gasteiger partial charge in [0.15, 0.2) is 6.10 Å². The van der Waals surface area contributed by atoms with Crippen molar-refractivity contribution in [1.29, 1.82) is 0 Å². The number of rotatable bonds is 8. The van der Waals surface area contributed by atoms with Gasteiger partial charge >= 0.3 is 17.9 Å². The summed E-state index contributed by atoms with van der Waals surface area (Å²) in [7, 11) is 0. The molecule has 0 aromatic carbocycles. The van der Waals surface area contributed by atoms with Crippen LogP contribution in [0.5, 0.6) is 0 Å². The standard InChI is InChI=1S/C19H30O9/c1-11-7-12(28-15(23)10-18(4,26)9-14(21)22)8-17(2,3)19(11,27)6-5-13(20)16(24)25/h5-6,11-13,20,26-27H,7-10H2,1-4H3,(H,21,22)(H,24,25). The van der Waals surface area contributed by atoms with E-state index >= 15 is 0 Å². The highest BCUT2D eigenvalue weighted by Crippen LogP contribution is 2.49. The maximum atomic E-state index is 12.1. The van der Waals surface area contributed by atoms with Gasteiger partial charge in [0.05, 0.1) is 24.0 Å². The van der Waals surface area contributed by atoms with Gasteiger partial charge in [0.25, 0.3) is 0 Å². The zero-order valence-electron chi connectivity index (χ0n) is 16.6. The number of aliphatic hydroxyl groups is 3. The van der Waals surface area contributed by atoms with E-state index in [2.05, 4.69) is 0 Å². The number of carbonyl (C=O) groups is 3. The molecule has 5 unspecified atom stereocenters. The molecule has 5 atom stereocenters. The highest BCUT2D eigenvalue weighted by Gasteiger charge is 2.52. The fraction of sp³-hybridized carbons (Fsp3) is 0.737. The molecule has 0 heterocycles. The van der Waals surface area contributed by atoms with Crippen LogP contribution in [0.25, 0.3) is 0 Å². The zero-order valence-corrected chi connectivity index (χ0v) is 16.6. The second-order valence-corrected chi connectivity index (χ2v) is 8.55. The minimum absolute atomic E-state index is 0.258. The smallest absolute Gasteiger partial charge is 0.336 e. The Kier molecular flexibility index (Phi) is 7.38. The second kappa shape index (κ2) is 8.59. The molecule has 0 aromatic heterocycles. The van der Waals surface area contributed by atoms with E-state index in [4.69, 9.17) is 14.9 Å². The number of hydrogen-bond acceptors (Lipinski definition) is 7. The molecule has 1 rings (SSSR count). The molecule has 1 fully saturated rings. The molecule has 0 spiro atoms. The molecule has 0 bridgehead atoms. The summed E-state index contributed by atoms with van der Waals surface area (Å²) in [6.45, 7) is 6.44. The fourth-order valence-corrected chi connectivity index (χ4v) is 3.78. The molecular formula is C19H30O9. The third kappa shape index (κ3) is 6.02. The topological polar surface area (TPSA) is 162 Å². The first-order chi connectivity index (χ1) is 12.6. The summed E-state index contributed by atoms with van der Waals surface area (Å²) in [6, 6.07) is 0. The molecule has 5 N–H and O–H groups in total. The van der Waals surface area contributed by atoms with E-state index in [9.17, 15) is 29.7 Å². The number of hydrogen-bond donors (Lipinski definition) is 5. The lowest BCUT2D eigenvalue weighted by atomic mass is 9.59. The van der Waals surface area contributed by atoms with Crippen molar-refractivity contribution >= 4 is 17.9 Å². The van der Waals surface area contributed by atoms with Gasteiger partial charge in [0.2, 0.25) is 0 Å². The highest BCUT2D eigenvalue weighted by molar-refractivity contribution is 5.74. The van der Waals surface area contributed by atoms with Gasteiger partial charge in [-0.05, 0) is 31.8 Å². The lowest BCUT2D eigenvalue weighted by molar-refractivity contribution is -0.172. The Morgan fingerprint density at radius 2 is 1.82 bits per heavy atom. The molecule has 9 nitrogen and oxygen atoms in total. The second-order valence-electron chi connectivity index (χ2n) is 8.55. The monoisotopic (exact) mass is 402 g/mol. The first kappa shape index (κ1) is 24.1. The van der Waals surface area contributed by atoms with E-state index in [-0.39, 0.29) is 12.8 Å². The van der Waals surface area contributed by atoms with Crippen molar-refractivity contribution < 1.29 is 44.7 Å². The van der Waals surface area contributed by atoms with Gasteiger partial charge in [0, 0.05) is 5.41 Å². The molecule has 160 valence electrons. The molecule has 9 heteroatoms. The van der Waals surface area contributed by atoms with Crippen LogP contribution in [0.3, 0.4) is 0 Å². The summed E-state index contributed by atoms with van der Waals surface area (Å²) in [4.78, 5) is 33.6. The minimum atomic E-state index is -1.74. The molecule has 1 aliphatic rings.